The second-order valence-corrected chi connectivity index (χ2v) is 12.3. The third kappa shape index (κ3) is 8.35. The number of unbranched alkanes of at least 4 members (excludes halogenated alkanes) is 10. The molecule has 216 valence electrons. The van der Waals surface area contributed by atoms with Crippen molar-refractivity contribution < 1.29 is 19.2 Å². The molecular weight excluding hydrogens is 636 g/mol. The van der Waals surface area contributed by atoms with Gasteiger partial charge in [0.15, 0.2) is 0 Å². The first-order valence-corrected chi connectivity index (χ1v) is 16.2. The molecule has 40 heavy (non-hydrogen) atoms. The average molecular weight is 676 g/mol. The molecule has 0 bridgehead atoms. The highest BCUT2D eigenvalue weighted by Crippen LogP contribution is 2.32. The van der Waals surface area contributed by atoms with Crippen LogP contribution in [0, 0.1) is 0 Å². The summed E-state index contributed by atoms with van der Waals surface area (Å²) in [5.41, 5.74) is 2.57. The summed E-state index contributed by atoms with van der Waals surface area (Å²) in [4.78, 5) is 51.1. The van der Waals surface area contributed by atoms with Crippen LogP contribution in [0.1, 0.15) is 112 Å². The van der Waals surface area contributed by atoms with Crippen molar-refractivity contribution >= 4 is 66.6 Å². The Hall–Kier alpha value is -2.32. The number of benzene rings is 2. The van der Waals surface area contributed by atoms with Crippen LogP contribution in [0.3, 0.4) is 0 Å². The third-order valence-electron chi connectivity index (χ3n) is 7.34. The molecule has 0 atom stereocenters. The number of fused-ring (bicyclic) bond motifs is 2. The van der Waals surface area contributed by atoms with Crippen LogP contribution in [-0.2, 0) is 9.59 Å². The fraction of sp³-hybridized carbons (Fsp3) is 0.500. The Kier molecular flexibility index (Phi) is 13.0. The van der Waals surface area contributed by atoms with Gasteiger partial charge in [0.2, 0.25) is 0 Å². The first-order chi connectivity index (χ1) is 19.3. The molecule has 0 spiro atoms. The summed E-state index contributed by atoms with van der Waals surface area (Å²) < 4.78 is 1.66. The molecule has 6 nitrogen and oxygen atoms in total. The van der Waals surface area contributed by atoms with Crippen molar-refractivity contribution in [2.75, 3.05) is 22.9 Å². The van der Waals surface area contributed by atoms with Gasteiger partial charge in [-0.25, -0.2) is 0 Å². The summed E-state index contributed by atoms with van der Waals surface area (Å²) in [7, 11) is 0. The van der Waals surface area contributed by atoms with Crippen molar-refractivity contribution in [1.29, 1.82) is 0 Å². The van der Waals surface area contributed by atoms with Crippen LogP contribution in [-0.4, -0.2) is 36.5 Å². The number of amides is 2. The maximum Gasteiger partial charge on any atom is 0.299 e. The van der Waals surface area contributed by atoms with Gasteiger partial charge in [0.25, 0.3) is 23.4 Å². The highest BCUT2D eigenvalue weighted by Gasteiger charge is 2.36. The van der Waals surface area contributed by atoms with Crippen molar-refractivity contribution in [3.63, 3.8) is 0 Å². The van der Waals surface area contributed by atoms with Crippen LogP contribution in [0.5, 0.6) is 0 Å². The normalized spacial score (nSPS) is 14.0. The second kappa shape index (κ2) is 16.2. The Morgan fingerprint density at radius 2 is 0.875 bits per heavy atom. The quantitative estimate of drug-likeness (QED) is 0.148. The maximum atomic E-state index is 12.0. The van der Waals surface area contributed by atoms with Crippen molar-refractivity contribution in [3.8, 4) is 0 Å². The summed E-state index contributed by atoms with van der Waals surface area (Å²) in [6.45, 7) is 5.68. The molecule has 2 heterocycles. The average Bonchev–Trinajstić information content (AvgIpc) is 3.32. The van der Waals surface area contributed by atoms with E-state index in [-0.39, 0.29) is 23.4 Å². The molecule has 2 aromatic rings. The lowest BCUT2D eigenvalue weighted by molar-refractivity contribution is -0.114. The molecule has 0 unspecified atom stereocenters. The van der Waals surface area contributed by atoms with E-state index < -0.39 is 0 Å². The molecule has 0 saturated heterocycles. The number of hydrogen-bond donors (Lipinski definition) is 0. The molecule has 2 amide bonds. The molecule has 0 aliphatic carbocycles. The molecule has 2 aliphatic rings. The number of halogens is 2. The number of hydrogen-bond acceptors (Lipinski definition) is 4. The van der Waals surface area contributed by atoms with E-state index in [0.29, 0.717) is 24.2 Å². The first-order valence-electron chi connectivity index (χ1n) is 14.6. The predicted octanol–water partition coefficient (Wildman–Crippen LogP) is 8.68. The van der Waals surface area contributed by atoms with Crippen LogP contribution < -0.4 is 9.80 Å². The zero-order valence-corrected chi connectivity index (χ0v) is 26.8. The van der Waals surface area contributed by atoms with Crippen LogP contribution in [0.2, 0.25) is 0 Å². The molecule has 8 heteroatoms. The summed E-state index contributed by atoms with van der Waals surface area (Å²) >= 11 is 6.68. The van der Waals surface area contributed by atoms with Gasteiger partial charge in [-0.1, -0.05) is 110 Å². The van der Waals surface area contributed by atoms with Gasteiger partial charge in [-0.3, -0.25) is 19.2 Å². The molecule has 0 N–H and O–H groups in total. The van der Waals surface area contributed by atoms with E-state index in [1.165, 1.54) is 51.4 Å². The van der Waals surface area contributed by atoms with Gasteiger partial charge in [-0.05, 0) is 49.2 Å². The van der Waals surface area contributed by atoms with Crippen LogP contribution in [0.15, 0.2) is 45.3 Å². The fourth-order valence-corrected chi connectivity index (χ4v) is 5.81. The van der Waals surface area contributed by atoms with E-state index in [0.717, 1.165) is 46.0 Å². The minimum atomic E-state index is -0.383. The van der Waals surface area contributed by atoms with Gasteiger partial charge in [-0.15, -0.1) is 0 Å². The number of rotatable bonds is 14. The summed E-state index contributed by atoms with van der Waals surface area (Å²) in [5, 5.41) is 0. The number of nitrogens with zero attached hydrogens (tertiary/aromatic N) is 2. The Morgan fingerprint density at radius 3 is 1.25 bits per heavy atom. The third-order valence-corrected chi connectivity index (χ3v) is 8.32. The van der Waals surface area contributed by atoms with Gasteiger partial charge in [0.1, 0.15) is 0 Å². The van der Waals surface area contributed by atoms with E-state index in [1.54, 1.807) is 21.9 Å². The van der Waals surface area contributed by atoms with Crippen molar-refractivity contribution in [3.05, 3.63) is 56.5 Å². The van der Waals surface area contributed by atoms with Crippen LogP contribution in [0.25, 0.3) is 0 Å². The molecule has 2 aromatic carbocycles. The Labute approximate surface area is 255 Å². The lowest BCUT2D eigenvalue weighted by Crippen LogP contribution is -2.30. The predicted molar refractivity (Wildman–Crippen MR) is 168 cm³/mol. The Balaban J connectivity index is 0.000000220. The highest BCUT2D eigenvalue weighted by atomic mass is 79.9. The number of carbonyl (C=O) groups excluding carboxylic acids is 4. The lowest BCUT2D eigenvalue weighted by atomic mass is 10.1. The molecule has 0 aromatic heterocycles. The van der Waals surface area contributed by atoms with Gasteiger partial charge in [0, 0.05) is 22.0 Å². The summed E-state index contributed by atoms with van der Waals surface area (Å²) in [6, 6.07) is 10.9. The van der Waals surface area contributed by atoms with Gasteiger partial charge in [-0.2, -0.15) is 0 Å². The Morgan fingerprint density at radius 1 is 0.525 bits per heavy atom. The topological polar surface area (TPSA) is 74.8 Å². The minimum absolute atomic E-state index is 0.382. The zero-order chi connectivity index (χ0) is 29.1. The monoisotopic (exact) mass is 674 g/mol. The minimum Gasteiger partial charge on any atom is -0.305 e. The summed E-state index contributed by atoms with van der Waals surface area (Å²) in [6.07, 6.45) is 14.1. The second-order valence-electron chi connectivity index (χ2n) is 10.4. The van der Waals surface area contributed by atoms with Gasteiger partial charge in [0.05, 0.1) is 22.5 Å². The van der Waals surface area contributed by atoms with Crippen molar-refractivity contribution in [2.24, 2.45) is 0 Å². The molecule has 4 rings (SSSR count). The number of anilines is 2. The number of Topliss-reactive ketones (excluding diaryl/α,β-unsaturated/α-hetero) is 2. The van der Waals surface area contributed by atoms with Crippen LogP contribution in [0.4, 0.5) is 11.4 Å². The smallest absolute Gasteiger partial charge is 0.299 e. The van der Waals surface area contributed by atoms with E-state index in [4.69, 9.17) is 0 Å². The zero-order valence-electron chi connectivity index (χ0n) is 23.6. The lowest BCUT2D eigenvalue weighted by Gasteiger charge is -2.16. The fourth-order valence-electron chi connectivity index (χ4n) is 5.09. The van der Waals surface area contributed by atoms with Crippen molar-refractivity contribution in [2.45, 2.75) is 90.9 Å². The molecular formula is C32H40Br2N2O4. The standard InChI is InChI=1S/2C16H20BrNO2/c2*1-2-3-4-5-6-7-10-18-14-9-8-12(17)11-13(14)15(19)16(18)20/h2*8-9,11H,2-7,10H2,1H3. The van der Waals surface area contributed by atoms with E-state index in [1.807, 2.05) is 24.3 Å². The van der Waals surface area contributed by atoms with E-state index in [2.05, 4.69) is 45.7 Å². The molecule has 0 fully saturated rings. The van der Waals surface area contributed by atoms with Gasteiger partial charge >= 0.3 is 0 Å². The first kappa shape index (κ1) is 32.2. The molecule has 2 aliphatic heterocycles. The molecule has 0 radical (unpaired) electrons. The largest absolute Gasteiger partial charge is 0.305 e. The number of carbonyl (C=O) groups is 4. The molecule has 0 saturated carbocycles. The van der Waals surface area contributed by atoms with Gasteiger partial charge < -0.3 is 9.80 Å². The van der Waals surface area contributed by atoms with Crippen molar-refractivity contribution in [1.82, 2.24) is 0 Å². The Bertz CT molecular complexity index is 1120. The maximum absolute atomic E-state index is 12.0. The van der Waals surface area contributed by atoms with E-state index >= 15 is 0 Å². The summed E-state index contributed by atoms with van der Waals surface area (Å²) in [5.74, 6) is -1.53. The highest BCUT2D eigenvalue weighted by molar-refractivity contribution is 9.10. The number of ketones is 2. The van der Waals surface area contributed by atoms with E-state index in [9.17, 15) is 19.2 Å². The van der Waals surface area contributed by atoms with Crippen LogP contribution >= 0.6 is 31.9 Å². The SMILES string of the molecule is CCCCCCCCN1C(=O)C(=O)c2cc(Br)ccc21.CCCCCCCCN1C(=O)C(=O)c2cc(Br)ccc21.